The quantitative estimate of drug-likeness (QED) is 0.582. The van der Waals surface area contributed by atoms with Crippen molar-refractivity contribution in [2.75, 3.05) is 5.32 Å². The number of rotatable bonds is 3. The number of carbonyl (C=O) groups is 1. The van der Waals surface area contributed by atoms with E-state index in [2.05, 4.69) is 10.3 Å². The lowest BCUT2D eigenvalue weighted by Gasteiger charge is -2.21. The normalized spacial score (nSPS) is 14.6. The fourth-order valence-electron chi connectivity index (χ4n) is 0.790. The standard InChI is InChI=1S/C8H11N3O2/c1-8(9,7(12)13)11-6-3-2-4-10-5-6/h2-5,11H,9H2,1H3,(H,12,13)/t8-/m0/s1. The maximum atomic E-state index is 10.6. The van der Waals surface area contributed by atoms with Crippen molar-refractivity contribution in [2.24, 2.45) is 5.73 Å². The van der Waals surface area contributed by atoms with Crippen LogP contribution in [0, 0.1) is 0 Å². The molecule has 1 aromatic rings. The number of carboxylic acids is 1. The molecule has 4 N–H and O–H groups in total. The van der Waals surface area contributed by atoms with Crippen molar-refractivity contribution in [3.63, 3.8) is 0 Å². The van der Waals surface area contributed by atoms with Crippen LogP contribution < -0.4 is 11.1 Å². The minimum atomic E-state index is -1.47. The molecule has 0 aliphatic heterocycles. The molecule has 5 nitrogen and oxygen atoms in total. The van der Waals surface area contributed by atoms with E-state index in [0.29, 0.717) is 5.69 Å². The zero-order valence-corrected chi connectivity index (χ0v) is 7.19. The van der Waals surface area contributed by atoms with Crippen molar-refractivity contribution in [2.45, 2.75) is 12.6 Å². The molecule has 1 rings (SSSR count). The second kappa shape index (κ2) is 3.40. The molecule has 0 spiro atoms. The molecule has 0 amide bonds. The number of carboxylic acid groups (broad SMARTS) is 1. The average molecular weight is 181 g/mol. The van der Waals surface area contributed by atoms with E-state index in [9.17, 15) is 4.79 Å². The van der Waals surface area contributed by atoms with E-state index in [4.69, 9.17) is 10.8 Å². The molecule has 5 heteroatoms. The van der Waals surface area contributed by atoms with Gasteiger partial charge in [-0.3, -0.25) is 10.7 Å². The maximum Gasteiger partial charge on any atom is 0.344 e. The largest absolute Gasteiger partial charge is 0.479 e. The van der Waals surface area contributed by atoms with Crippen LogP contribution in [0.2, 0.25) is 0 Å². The molecule has 0 saturated heterocycles. The third kappa shape index (κ3) is 2.41. The number of nitrogens with zero attached hydrogens (tertiary/aromatic N) is 1. The smallest absolute Gasteiger partial charge is 0.344 e. The molecular formula is C8H11N3O2. The van der Waals surface area contributed by atoms with Gasteiger partial charge in [-0.1, -0.05) is 0 Å². The first-order chi connectivity index (χ1) is 6.02. The minimum absolute atomic E-state index is 0.579. The van der Waals surface area contributed by atoms with Crippen LogP contribution in [0.25, 0.3) is 0 Å². The van der Waals surface area contributed by atoms with Gasteiger partial charge in [0.05, 0.1) is 5.69 Å². The molecule has 0 unspecified atom stereocenters. The van der Waals surface area contributed by atoms with Crippen LogP contribution in [-0.2, 0) is 4.79 Å². The van der Waals surface area contributed by atoms with Crippen molar-refractivity contribution in [1.82, 2.24) is 4.98 Å². The molecule has 0 aliphatic carbocycles. The SMILES string of the molecule is C[C@](N)(Nc1cccnc1)C(=O)O. The van der Waals surface area contributed by atoms with Gasteiger partial charge in [0.25, 0.3) is 0 Å². The van der Waals surface area contributed by atoms with E-state index in [0.717, 1.165) is 0 Å². The third-order valence-electron chi connectivity index (χ3n) is 1.51. The summed E-state index contributed by atoms with van der Waals surface area (Å²) in [6, 6.07) is 3.39. The van der Waals surface area contributed by atoms with Crippen molar-refractivity contribution in [3.05, 3.63) is 24.5 Å². The Labute approximate surface area is 75.6 Å². The van der Waals surface area contributed by atoms with Crippen LogP contribution in [0.3, 0.4) is 0 Å². The number of nitrogens with two attached hydrogens (primary N) is 1. The first-order valence-electron chi connectivity index (χ1n) is 3.73. The molecule has 1 heterocycles. The number of pyridine rings is 1. The van der Waals surface area contributed by atoms with Gasteiger partial charge in [-0.25, -0.2) is 4.79 Å². The fraction of sp³-hybridized carbons (Fsp3) is 0.250. The molecule has 1 aromatic heterocycles. The van der Waals surface area contributed by atoms with E-state index in [-0.39, 0.29) is 0 Å². The second-order valence-corrected chi connectivity index (χ2v) is 2.87. The molecule has 13 heavy (non-hydrogen) atoms. The Morgan fingerprint density at radius 2 is 2.46 bits per heavy atom. The van der Waals surface area contributed by atoms with E-state index in [1.807, 2.05) is 0 Å². The van der Waals surface area contributed by atoms with Gasteiger partial charge in [-0.2, -0.15) is 0 Å². The summed E-state index contributed by atoms with van der Waals surface area (Å²) in [5.41, 5.74) is 4.56. The third-order valence-corrected chi connectivity index (χ3v) is 1.51. The molecular weight excluding hydrogens is 170 g/mol. The Morgan fingerprint density at radius 1 is 1.77 bits per heavy atom. The highest BCUT2D eigenvalue weighted by Gasteiger charge is 2.27. The number of nitrogens with one attached hydrogen (secondary N) is 1. The summed E-state index contributed by atoms with van der Waals surface area (Å²) in [6.45, 7) is 1.38. The van der Waals surface area contributed by atoms with Crippen LogP contribution in [-0.4, -0.2) is 21.7 Å². The zero-order valence-electron chi connectivity index (χ0n) is 7.19. The molecule has 0 fully saturated rings. The predicted octanol–water partition coefficient (Wildman–Crippen LogP) is 0.253. The number of aromatic nitrogens is 1. The summed E-state index contributed by atoms with van der Waals surface area (Å²) in [5, 5.41) is 11.3. The zero-order chi connectivity index (χ0) is 9.90. The molecule has 0 bridgehead atoms. The fourth-order valence-corrected chi connectivity index (χ4v) is 0.790. The van der Waals surface area contributed by atoms with Crippen molar-refractivity contribution < 1.29 is 9.90 Å². The summed E-state index contributed by atoms with van der Waals surface area (Å²) >= 11 is 0. The lowest BCUT2D eigenvalue weighted by atomic mass is 10.2. The predicted molar refractivity (Wildman–Crippen MR) is 48.1 cm³/mol. The van der Waals surface area contributed by atoms with Gasteiger partial charge in [0.1, 0.15) is 0 Å². The van der Waals surface area contributed by atoms with E-state index in [1.165, 1.54) is 13.1 Å². The highest BCUT2D eigenvalue weighted by atomic mass is 16.4. The first-order valence-corrected chi connectivity index (χ1v) is 3.73. The van der Waals surface area contributed by atoms with Crippen LogP contribution in [0.1, 0.15) is 6.92 Å². The topological polar surface area (TPSA) is 88.2 Å². The van der Waals surface area contributed by atoms with Gasteiger partial charge in [0.2, 0.25) is 0 Å². The highest BCUT2D eigenvalue weighted by molar-refractivity contribution is 5.81. The lowest BCUT2D eigenvalue weighted by molar-refractivity contribution is -0.141. The van der Waals surface area contributed by atoms with Crippen LogP contribution in [0.4, 0.5) is 5.69 Å². The summed E-state index contributed by atoms with van der Waals surface area (Å²) < 4.78 is 0. The lowest BCUT2D eigenvalue weighted by Crippen LogP contribution is -2.51. The molecule has 70 valence electrons. The molecule has 0 aliphatic rings. The molecule has 0 aromatic carbocycles. The number of aliphatic carboxylic acids is 1. The minimum Gasteiger partial charge on any atom is -0.479 e. The van der Waals surface area contributed by atoms with Gasteiger partial charge in [0.15, 0.2) is 5.66 Å². The monoisotopic (exact) mass is 181 g/mol. The summed E-state index contributed by atoms with van der Waals surface area (Å²) in [6.07, 6.45) is 3.11. The number of hydrogen-bond donors (Lipinski definition) is 3. The first kappa shape index (κ1) is 9.47. The Balaban J connectivity index is 2.75. The summed E-state index contributed by atoms with van der Waals surface area (Å²) in [4.78, 5) is 14.4. The van der Waals surface area contributed by atoms with Crippen molar-refractivity contribution in [3.8, 4) is 0 Å². The summed E-state index contributed by atoms with van der Waals surface area (Å²) in [5.74, 6) is -1.11. The number of hydrogen-bond acceptors (Lipinski definition) is 4. The van der Waals surface area contributed by atoms with Gasteiger partial charge in [-0.15, -0.1) is 0 Å². The average Bonchev–Trinajstić information content (AvgIpc) is 2.05. The van der Waals surface area contributed by atoms with E-state index in [1.54, 1.807) is 18.3 Å². The van der Waals surface area contributed by atoms with Crippen molar-refractivity contribution in [1.29, 1.82) is 0 Å². The Bertz CT molecular complexity index is 298. The van der Waals surface area contributed by atoms with Gasteiger partial charge in [0, 0.05) is 12.4 Å². The van der Waals surface area contributed by atoms with Crippen molar-refractivity contribution >= 4 is 11.7 Å². The van der Waals surface area contributed by atoms with Crippen LogP contribution in [0.5, 0.6) is 0 Å². The Hall–Kier alpha value is -1.62. The van der Waals surface area contributed by atoms with E-state index < -0.39 is 11.6 Å². The van der Waals surface area contributed by atoms with Crippen LogP contribution in [0.15, 0.2) is 24.5 Å². The van der Waals surface area contributed by atoms with Gasteiger partial charge in [-0.05, 0) is 19.1 Å². The van der Waals surface area contributed by atoms with E-state index >= 15 is 0 Å². The maximum absolute atomic E-state index is 10.6. The Morgan fingerprint density at radius 3 is 2.92 bits per heavy atom. The highest BCUT2D eigenvalue weighted by Crippen LogP contribution is 2.08. The molecule has 1 atom stereocenters. The molecule has 0 saturated carbocycles. The van der Waals surface area contributed by atoms with Gasteiger partial charge >= 0.3 is 5.97 Å². The Kier molecular flexibility index (Phi) is 2.48. The molecule has 0 radical (unpaired) electrons. The van der Waals surface area contributed by atoms with Crippen LogP contribution >= 0.6 is 0 Å². The number of anilines is 1. The summed E-state index contributed by atoms with van der Waals surface area (Å²) in [7, 11) is 0. The second-order valence-electron chi connectivity index (χ2n) is 2.87. The van der Waals surface area contributed by atoms with Gasteiger partial charge < -0.3 is 10.4 Å².